The highest BCUT2D eigenvalue weighted by Gasteiger charge is 2.21. The number of para-hydroxylation sites is 3. The van der Waals surface area contributed by atoms with E-state index >= 15 is 0 Å². The molecule has 0 atom stereocenters. The van der Waals surface area contributed by atoms with Crippen molar-refractivity contribution in [2.75, 3.05) is 4.90 Å². The molecule has 2 nitrogen and oxygen atoms in total. The molecule has 1 aromatic heterocycles. The number of fused-ring (bicyclic) bond motifs is 6. The highest BCUT2D eigenvalue weighted by Crippen LogP contribution is 2.46. The van der Waals surface area contributed by atoms with Gasteiger partial charge in [0.15, 0.2) is 0 Å². The van der Waals surface area contributed by atoms with Crippen LogP contribution in [0.4, 0.5) is 17.1 Å². The Morgan fingerprint density at radius 1 is 0.243 bits per heavy atom. The number of hydrogen-bond donors (Lipinski definition) is 0. The lowest BCUT2D eigenvalue weighted by atomic mass is 9.88. The molecule has 0 spiro atoms. The number of anilines is 3. The predicted octanol–water partition coefficient (Wildman–Crippen LogP) is 18.9. The molecule has 12 aromatic carbocycles. The molecule has 0 unspecified atom stereocenters. The second kappa shape index (κ2) is 17.4. The third-order valence-electron chi connectivity index (χ3n) is 14.0. The van der Waals surface area contributed by atoms with Gasteiger partial charge in [-0.3, -0.25) is 0 Å². The van der Waals surface area contributed by atoms with E-state index in [4.69, 9.17) is 0 Å². The molecule has 0 aliphatic heterocycles. The topological polar surface area (TPSA) is 8.17 Å². The second-order valence-corrected chi connectivity index (χ2v) is 18.0. The standard InChI is InChI=1S/C68H46N2/c1-3-19-48(20-4-1)55-24-9-10-26-57(55)59-28-12-13-29-60(59)62-31-15-17-33-66(62)69(54-42-37-49(38-43-54)64-46-51-21-7-8-25-56(51)58-27-11-14-30-61(58)64)53-40-35-47(36-41-53)50-39-44-68-65(45-50)63-32-16-18-34-67(63)70(68)52-22-5-2-6-23-52/h1-46H. The lowest BCUT2D eigenvalue weighted by molar-refractivity contribution is 1.18. The van der Waals surface area contributed by atoms with Gasteiger partial charge < -0.3 is 9.47 Å². The third kappa shape index (κ3) is 7.13. The Balaban J connectivity index is 0.956. The molecule has 0 N–H and O–H groups in total. The minimum absolute atomic E-state index is 1.07. The molecule has 0 aliphatic carbocycles. The Morgan fingerprint density at radius 3 is 1.43 bits per heavy atom. The summed E-state index contributed by atoms with van der Waals surface area (Å²) >= 11 is 0. The number of benzene rings is 12. The molecule has 0 radical (unpaired) electrons. The lowest BCUT2D eigenvalue weighted by Crippen LogP contribution is -2.11. The summed E-state index contributed by atoms with van der Waals surface area (Å²) in [6, 6.07) is 102. The van der Waals surface area contributed by atoms with Crippen molar-refractivity contribution in [2.45, 2.75) is 0 Å². The SMILES string of the molecule is c1ccc(-c2ccccc2-c2ccccc2-c2ccccc2N(c2ccc(-c3ccc4c(c3)c3ccccc3n4-c3ccccc3)cc2)c2ccc(-c3cc4ccccc4c4ccccc34)cc2)cc1. The van der Waals surface area contributed by atoms with Crippen molar-refractivity contribution in [1.29, 1.82) is 0 Å². The monoisotopic (exact) mass is 890 g/mol. The summed E-state index contributed by atoms with van der Waals surface area (Å²) < 4.78 is 2.37. The van der Waals surface area contributed by atoms with Gasteiger partial charge in [-0.25, -0.2) is 0 Å². The van der Waals surface area contributed by atoms with Gasteiger partial charge in [-0.1, -0.05) is 212 Å². The van der Waals surface area contributed by atoms with Crippen molar-refractivity contribution < 1.29 is 0 Å². The van der Waals surface area contributed by atoms with E-state index in [1.54, 1.807) is 0 Å². The van der Waals surface area contributed by atoms with Crippen LogP contribution in [0.15, 0.2) is 279 Å². The number of hydrogen-bond acceptors (Lipinski definition) is 1. The van der Waals surface area contributed by atoms with Crippen molar-refractivity contribution in [3.63, 3.8) is 0 Å². The largest absolute Gasteiger partial charge is 0.310 e. The van der Waals surface area contributed by atoms with Gasteiger partial charge in [0.2, 0.25) is 0 Å². The maximum atomic E-state index is 2.43. The molecule has 0 saturated carbocycles. The van der Waals surface area contributed by atoms with Crippen molar-refractivity contribution >= 4 is 60.4 Å². The first-order chi connectivity index (χ1) is 34.7. The van der Waals surface area contributed by atoms with Crippen molar-refractivity contribution in [1.82, 2.24) is 4.57 Å². The van der Waals surface area contributed by atoms with E-state index in [0.717, 1.165) is 33.9 Å². The summed E-state index contributed by atoms with van der Waals surface area (Å²) in [6.45, 7) is 0. The Labute approximate surface area is 408 Å². The zero-order valence-electron chi connectivity index (χ0n) is 38.5. The molecule has 0 aliphatic rings. The molecule has 0 fully saturated rings. The maximum Gasteiger partial charge on any atom is 0.0541 e. The first-order valence-electron chi connectivity index (χ1n) is 24.1. The smallest absolute Gasteiger partial charge is 0.0541 e. The zero-order valence-corrected chi connectivity index (χ0v) is 38.5. The number of aromatic nitrogens is 1. The Hall–Kier alpha value is -9.24. The highest BCUT2D eigenvalue weighted by molar-refractivity contribution is 6.14. The lowest BCUT2D eigenvalue weighted by Gasteiger charge is -2.29. The molecule has 328 valence electrons. The van der Waals surface area contributed by atoms with Gasteiger partial charge in [0.05, 0.1) is 16.7 Å². The van der Waals surface area contributed by atoms with Crippen LogP contribution < -0.4 is 4.90 Å². The average molecular weight is 891 g/mol. The van der Waals surface area contributed by atoms with Crippen molar-refractivity contribution in [2.24, 2.45) is 0 Å². The van der Waals surface area contributed by atoms with Gasteiger partial charge in [-0.15, -0.1) is 0 Å². The van der Waals surface area contributed by atoms with Crippen molar-refractivity contribution in [3.05, 3.63) is 279 Å². The maximum absolute atomic E-state index is 2.43. The molecular weight excluding hydrogens is 845 g/mol. The Bertz CT molecular complexity index is 4040. The van der Waals surface area contributed by atoms with Crippen LogP contribution in [0.1, 0.15) is 0 Å². The molecular formula is C68H46N2. The van der Waals surface area contributed by atoms with Gasteiger partial charge >= 0.3 is 0 Å². The summed E-state index contributed by atoms with van der Waals surface area (Å²) in [5, 5.41) is 7.52. The molecule has 70 heavy (non-hydrogen) atoms. The van der Waals surface area contributed by atoms with Crippen LogP contribution in [0.5, 0.6) is 0 Å². The van der Waals surface area contributed by atoms with E-state index in [1.165, 1.54) is 87.9 Å². The second-order valence-electron chi connectivity index (χ2n) is 18.0. The van der Waals surface area contributed by atoms with E-state index in [-0.39, 0.29) is 0 Å². The van der Waals surface area contributed by atoms with E-state index < -0.39 is 0 Å². The van der Waals surface area contributed by atoms with E-state index in [9.17, 15) is 0 Å². The summed E-state index contributed by atoms with van der Waals surface area (Å²) in [7, 11) is 0. The van der Waals surface area contributed by atoms with Gasteiger partial charge in [-0.2, -0.15) is 0 Å². The van der Waals surface area contributed by atoms with Gasteiger partial charge in [0, 0.05) is 33.4 Å². The Morgan fingerprint density at radius 2 is 0.714 bits per heavy atom. The van der Waals surface area contributed by atoms with Crippen LogP contribution >= 0.6 is 0 Å². The van der Waals surface area contributed by atoms with Gasteiger partial charge in [0.25, 0.3) is 0 Å². The minimum Gasteiger partial charge on any atom is -0.310 e. The fourth-order valence-electron chi connectivity index (χ4n) is 10.8. The highest BCUT2D eigenvalue weighted by atomic mass is 15.1. The average Bonchev–Trinajstić information content (AvgIpc) is 3.78. The first kappa shape index (κ1) is 41.0. The number of nitrogens with zero attached hydrogens (tertiary/aromatic N) is 2. The minimum atomic E-state index is 1.07. The number of rotatable bonds is 9. The molecule has 13 rings (SSSR count). The van der Waals surface area contributed by atoms with Crippen LogP contribution in [0, 0.1) is 0 Å². The normalized spacial score (nSPS) is 11.4. The summed E-state index contributed by atoms with van der Waals surface area (Å²) in [6.07, 6.45) is 0. The molecule has 13 aromatic rings. The molecule has 1 heterocycles. The summed E-state index contributed by atoms with van der Waals surface area (Å²) in [4.78, 5) is 2.43. The summed E-state index contributed by atoms with van der Waals surface area (Å²) in [5.74, 6) is 0. The predicted molar refractivity (Wildman–Crippen MR) is 298 cm³/mol. The van der Waals surface area contributed by atoms with Crippen LogP contribution in [0.25, 0.3) is 105 Å². The molecule has 0 amide bonds. The van der Waals surface area contributed by atoms with Gasteiger partial charge in [0.1, 0.15) is 0 Å². The van der Waals surface area contributed by atoms with E-state index in [2.05, 4.69) is 289 Å². The van der Waals surface area contributed by atoms with Crippen LogP contribution in [-0.4, -0.2) is 4.57 Å². The van der Waals surface area contributed by atoms with Crippen LogP contribution in [-0.2, 0) is 0 Å². The first-order valence-corrected chi connectivity index (χ1v) is 24.1. The molecule has 2 heteroatoms. The quantitative estimate of drug-likeness (QED) is 0.131. The van der Waals surface area contributed by atoms with Gasteiger partial charge in [-0.05, 0) is 138 Å². The molecule has 0 saturated heterocycles. The van der Waals surface area contributed by atoms with Crippen LogP contribution in [0.3, 0.4) is 0 Å². The third-order valence-corrected chi connectivity index (χ3v) is 14.0. The molecule has 0 bridgehead atoms. The fraction of sp³-hybridized carbons (Fsp3) is 0. The van der Waals surface area contributed by atoms with Crippen molar-refractivity contribution in [3.8, 4) is 61.3 Å². The Kier molecular flexibility index (Phi) is 10.2. The fourth-order valence-corrected chi connectivity index (χ4v) is 10.8. The van der Waals surface area contributed by atoms with Crippen LogP contribution in [0.2, 0.25) is 0 Å². The summed E-state index contributed by atoms with van der Waals surface area (Å²) in [5.41, 5.74) is 18.7. The van der Waals surface area contributed by atoms with E-state index in [0.29, 0.717) is 0 Å². The zero-order chi connectivity index (χ0) is 46.4. The van der Waals surface area contributed by atoms with E-state index in [1.807, 2.05) is 0 Å².